The van der Waals surface area contributed by atoms with Gasteiger partial charge in [-0.1, -0.05) is 25.1 Å². The van der Waals surface area contributed by atoms with Crippen molar-refractivity contribution in [2.24, 2.45) is 0 Å². The molecule has 0 saturated carbocycles. The Bertz CT molecular complexity index is 1520. The van der Waals surface area contributed by atoms with E-state index >= 15 is 0 Å². The highest BCUT2D eigenvalue weighted by molar-refractivity contribution is 6.05. The Morgan fingerprint density at radius 1 is 0.944 bits per heavy atom. The number of nitrogens with one attached hydrogen (secondary N) is 2. The largest absolute Gasteiger partial charge is 0.290 e. The van der Waals surface area contributed by atoms with E-state index in [4.69, 9.17) is 0 Å². The third kappa shape index (κ3) is 4.85. The summed E-state index contributed by atoms with van der Waals surface area (Å²) in [6.07, 6.45) is 0.675. The van der Waals surface area contributed by atoms with Crippen LogP contribution in [-0.2, 0) is 17.8 Å². The molecule has 3 heterocycles. The van der Waals surface area contributed by atoms with Gasteiger partial charge in [-0.2, -0.15) is 10.2 Å². The molecular formula is C25H28N8O3. The molecule has 4 aromatic rings. The van der Waals surface area contributed by atoms with Crippen LogP contribution in [0.5, 0.6) is 0 Å². The number of benzene rings is 1. The van der Waals surface area contributed by atoms with Crippen LogP contribution >= 0.6 is 0 Å². The number of fused-ring (bicyclic) bond motifs is 1. The number of hydrogen-bond donors (Lipinski definition) is 2. The number of nitrogens with zero attached hydrogens (tertiary/aromatic N) is 6. The van der Waals surface area contributed by atoms with Gasteiger partial charge in [0.15, 0.2) is 5.69 Å². The first-order valence-corrected chi connectivity index (χ1v) is 11.7. The van der Waals surface area contributed by atoms with Crippen molar-refractivity contribution in [1.29, 1.82) is 0 Å². The number of aryl methyl sites for hydroxylation is 4. The van der Waals surface area contributed by atoms with Crippen molar-refractivity contribution in [3.8, 4) is 5.95 Å². The Balaban J connectivity index is 1.52. The lowest BCUT2D eigenvalue weighted by Crippen LogP contribution is -2.43. The summed E-state index contributed by atoms with van der Waals surface area (Å²) in [6.45, 7) is 9.71. The first-order valence-electron chi connectivity index (χ1n) is 11.7. The zero-order valence-electron chi connectivity index (χ0n) is 20.9. The molecule has 2 amide bonds. The van der Waals surface area contributed by atoms with Crippen LogP contribution in [0.1, 0.15) is 52.2 Å². The van der Waals surface area contributed by atoms with E-state index < -0.39 is 11.8 Å². The summed E-state index contributed by atoms with van der Waals surface area (Å²) in [5.74, 6) is -0.605. The molecule has 2 N–H and O–H groups in total. The predicted octanol–water partition coefficient (Wildman–Crippen LogP) is 2.02. The number of carbonyl (C=O) groups excluding carboxylic acids is 2. The van der Waals surface area contributed by atoms with Crippen LogP contribution in [0.3, 0.4) is 0 Å². The summed E-state index contributed by atoms with van der Waals surface area (Å²) < 4.78 is 2.89. The molecule has 0 bridgehead atoms. The number of rotatable bonds is 6. The van der Waals surface area contributed by atoms with E-state index in [1.807, 2.05) is 33.8 Å². The lowest BCUT2D eigenvalue weighted by atomic mass is 10.1. The highest BCUT2D eigenvalue weighted by Crippen LogP contribution is 2.17. The quantitative estimate of drug-likeness (QED) is 0.396. The molecular weight excluding hydrogens is 460 g/mol. The highest BCUT2D eigenvalue weighted by Gasteiger charge is 2.20. The monoisotopic (exact) mass is 488 g/mol. The minimum atomic E-state index is -0.614. The Morgan fingerprint density at radius 3 is 2.28 bits per heavy atom. The van der Waals surface area contributed by atoms with Gasteiger partial charge in [0.1, 0.15) is 0 Å². The maximum absolute atomic E-state index is 12.9. The van der Waals surface area contributed by atoms with E-state index in [1.165, 1.54) is 4.68 Å². The summed E-state index contributed by atoms with van der Waals surface area (Å²) in [4.78, 5) is 47.2. The molecule has 11 heteroatoms. The minimum absolute atomic E-state index is 0.00769. The van der Waals surface area contributed by atoms with Crippen molar-refractivity contribution in [2.45, 2.75) is 54.0 Å². The Hall–Kier alpha value is -4.41. The van der Waals surface area contributed by atoms with Crippen LogP contribution in [0, 0.1) is 27.7 Å². The maximum atomic E-state index is 12.9. The second-order valence-electron chi connectivity index (χ2n) is 8.61. The topological polar surface area (TPSA) is 137 Å². The average Bonchev–Trinajstić information content (AvgIpc) is 3.12. The summed E-state index contributed by atoms with van der Waals surface area (Å²) in [6, 6.07) is 8.65. The molecule has 0 aliphatic carbocycles. The first kappa shape index (κ1) is 24.7. The van der Waals surface area contributed by atoms with Crippen LogP contribution in [0.2, 0.25) is 0 Å². The smallest absolute Gasteiger partial charge is 0.273 e. The van der Waals surface area contributed by atoms with Gasteiger partial charge in [-0.25, -0.2) is 19.3 Å². The zero-order chi connectivity index (χ0) is 26.0. The molecule has 0 fully saturated rings. The van der Waals surface area contributed by atoms with Gasteiger partial charge in [-0.15, -0.1) is 0 Å². The van der Waals surface area contributed by atoms with Gasteiger partial charge in [-0.3, -0.25) is 25.2 Å². The van der Waals surface area contributed by atoms with Gasteiger partial charge in [0.25, 0.3) is 17.4 Å². The van der Waals surface area contributed by atoms with Gasteiger partial charge in [-0.05, 0) is 46.2 Å². The van der Waals surface area contributed by atoms with Gasteiger partial charge >= 0.3 is 0 Å². The molecule has 0 aliphatic rings. The number of hydrogen-bond acceptors (Lipinski definition) is 7. The molecule has 0 spiro atoms. The van der Waals surface area contributed by atoms with Gasteiger partial charge < -0.3 is 0 Å². The van der Waals surface area contributed by atoms with Gasteiger partial charge in [0, 0.05) is 34.6 Å². The fraction of sp³-hybridized carbons (Fsp3) is 0.320. The van der Waals surface area contributed by atoms with Crippen molar-refractivity contribution in [2.75, 3.05) is 0 Å². The van der Waals surface area contributed by atoms with E-state index in [9.17, 15) is 14.4 Å². The highest BCUT2D eigenvalue weighted by atomic mass is 16.2. The number of amides is 2. The number of aromatic nitrogens is 6. The fourth-order valence-corrected chi connectivity index (χ4v) is 4.08. The first-order chi connectivity index (χ1) is 17.2. The van der Waals surface area contributed by atoms with E-state index in [-0.39, 0.29) is 17.7 Å². The van der Waals surface area contributed by atoms with Crippen LogP contribution in [-0.4, -0.2) is 41.3 Å². The summed E-state index contributed by atoms with van der Waals surface area (Å²) in [5.41, 5.74) is 8.42. The molecule has 0 aliphatic heterocycles. The Labute approximate surface area is 207 Å². The van der Waals surface area contributed by atoms with Gasteiger partial charge in [0.2, 0.25) is 5.91 Å². The van der Waals surface area contributed by atoms with Crippen LogP contribution in [0.25, 0.3) is 16.7 Å². The van der Waals surface area contributed by atoms with E-state index in [0.29, 0.717) is 40.9 Å². The van der Waals surface area contributed by atoms with Gasteiger partial charge in [0.05, 0.1) is 17.5 Å². The average molecular weight is 489 g/mol. The molecule has 0 atom stereocenters. The Morgan fingerprint density at radius 2 is 1.61 bits per heavy atom. The standard InChI is InChI=1S/C25H28N8O3/c1-6-11-32-24(36)19-10-8-7-9-18(19)22(31-32)23(35)29-28-21(34)13-20-16(4)30-33(17(20)5)25-26-14(2)12-15(3)27-25/h7-10,12H,6,11,13H2,1-5H3,(H,28,34)(H,29,35). The van der Waals surface area contributed by atoms with Crippen molar-refractivity contribution in [1.82, 2.24) is 40.4 Å². The van der Waals surface area contributed by atoms with Crippen molar-refractivity contribution in [3.05, 3.63) is 74.7 Å². The van der Waals surface area contributed by atoms with Crippen LogP contribution in [0.15, 0.2) is 35.1 Å². The maximum Gasteiger partial charge on any atom is 0.290 e. The summed E-state index contributed by atoms with van der Waals surface area (Å²) >= 11 is 0. The molecule has 3 aromatic heterocycles. The predicted molar refractivity (Wildman–Crippen MR) is 134 cm³/mol. The number of hydrazine groups is 1. The summed E-state index contributed by atoms with van der Waals surface area (Å²) in [5, 5.41) is 9.57. The van der Waals surface area contributed by atoms with Crippen molar-refractivity contribution < 1.29 is 9.59 Å². The third-order valence-corrected chi connectivity index (χ3v) is 5.77. The van der Waals surface area contributed by atoms with E-state index in [2.05, 4.69) is 31.0 Å². The van der Waals surface area contributed by atoms with E-state index in [0.717, 1.165) is 17.1 Å². The lowest BCUT2D eigenvalue weighted by molar-refractivity contribution is -0.121. The van der Waals surface area contributed by atoms with E-state index in [1.54, 1.807) is 35.9 Å². The molecule has 0 radical (unpaired) electrons. The number of carbonyl (C=O) groups is 2. The Kier molecular flexibility index (Phi) is 6.91. The van der Waals surface area contributed by atoms with Crippen LogP contribution in [0.4, 0.5) is 0 Å². The third-order valence-electron chi connectivity index (χ3n) is 5.77. The minimum Gasteiger partial charge on any atom is -0.273 e. The fourth-order valence-electron chi connectivity index (χ4n) is 4.08. The van der Waals surface area contributed by atoms with Crippen LogP contribution < -0.4 is 16.4 Å². The molecule has 186 valence electrons. The normalized spacial score (nSPS) is 11.0. The zero-order valence-corrected chi connectivity index (χ0v) is 20.9. The molecule has 11 nitrogen and oxygen atoms in total. The molecule has 4 rings (SSSR count). The molecule has 36 heavy (non-hydrogen) atoms. The van der Waals surface area contributed by atoms with Crippen molar-refractivity contribution >= 4 is 22.6 Å². The SMILES string of the molecule is CCCn1nc(C(=O)NNC(=O)Cc2c(C)nn(-c3nc(C)cc(C)n3)c2C)c2ccccc2c1=O. The lowest BCUT2D eigenvalue weighted by Gasteiger charge is -2.11. The molecule has 1 aromatic carbocycles. The molecule has 0 unspecified atom stereocenters. The van der Waals surface area contributed by atoms with Crippen molar-refractivity contribution in [3.63, 3.8) is 0 Å². The molecule has 0 saturated heterocycles. The second-order valence-corrected chi connectivity index (χ2v) is 8.61. The summed E-state index contributed by atoms with van der Waals surface area (Å²) in [7, 11) is 0. The second kappa shape index (κ2) is 10.1.